The summed E-state index contributed by atoms with van der Waals surface area (Å²) >= 11 is 6.92. The fourth-order valence-electron chi connectivity index (χ4n) is 3.07. The van der Waals surface area contributed by atoms with Crippen LogP contribution in [0.4, 0.5) is 0 Å². The fraction of sp³-hybridized carbons (Fsp3) is 0.0435. The van der Waals surface area contributed by atoms with Gasteiger partial charge in [0.2, 0.25) is 0 Å². The Morgan fingerprint density at radius 2 is 1.73 bits per heavy atom. The number of hydrogen-bond acceptors (Lipinski definition) is 5. The maximum Gasteiger partial charge on any atom is 0.349 e. The van der Waals surface area contributed by atoms with Gasteiger partial charge in [0.25, 0.3) is 5.56 Å². The molecular weight excluding hydrogens is 558 g/mol. The summed E-state index contributed by atoms with van der Waals surface area (Å²) in [6.45, 7) is 0.229. The van der Waals surface area contributed by atoms with Crippen molar-refractivity contribution in [3.63, 3.8) is 0 Å². The van der Waals surface area contributed by atoms with Crippen LogP contribution in [-0.2, 0) is 6.61 Å². The van der Waals surface area contributed by atoms with Crippen molar-refractivity contribution in [2.45, 2.75) is 6.61 Å². The van der Waals surface area contributed by atoms with Gasteiger partial charge in [-0.3, -0.25) is 4.79 Å². The molecule has 8 nitrogen and oxygen atoms in total. The number of benzene rings is 3. The van der Waals surface area contributed by atoms with Crippen LogP contribution in [-0.4, -0.2) is 27.0 Å². The zero-order valence-electron chi connectivity index (χ0n) is 16.8. The lowest BCUT2D eigenvalue weighted by Crippen LogP contribution is -2.32. The minimum atomic E-state index is -0.988. The molecule has 0 bridgehead atoms. The average molecular weight is 573 g/mol. The van der Waals surface area contributed by atoms with Crippen LogP contribution in [0.25, 0.3) is 10.9 Å². The molecule has 0 amide bonds. The number of fused-ring (bicyclic) bond motifs is 1. The van der Waals surface area contributed by atoms with Gasteiger partial charge in [0, 0.05) is 0 Å². The van der Waals surface area contributed by atoms with E-state index in [2.05, 4.69) is 41.9 Å². The van der Waals surface area contributed by atoms with Crippen LogP contribution in [0.2, 0.25) is 0 Å². The van der Waals surface area contributed by atoms with Gasteiger partial charge in [-0.1, -0.05) is 24.3 Å². The van der Waals surface area contributed by atoms with Crippen molar-refractivity contribution in [2.75, 3.05) is 0 Å². The van der Waals surface area contributed by atoms with Crippen molar-refractivity contribution in [2.24, 2.45) is 5.10 Å². The highest BCUT2D eigenvalue weighted by Gasteiger charge is 2.11. The first kappa shape index (κ1) is 22.7. The molecule has 0 unspecified atom stereocenters. The van der Waals surface area contributed by atoms with E-state index in [0.29, 0.717) is 31.2 Å². The van der Waals surface area contributed by atoms with Crippen LogP contribution in [0.15, 0.2) is 84.3 Å². The second-order valence-corrected chi connectivity index (χ2v) is 8.65. The number of carboxylic acid groups (broad SMARTS) is 1. The highest BCUT2D eigenvalue weighted by atomic mass is 79.9. The topological polar surface area (TPSA) is 114 Å². The Morgan fingerprint density at radius 3 is 2.39 bits per heavy atom. The molecule has 0 saturated carbocycles. The number of H-pyrrole nitrogens is 1. The highest BCUT2D eigenvalue weighted by Crippen LogP contribution is 2.35. The van der Waals surface area contributed by atoms with Crippen LogP contribution >= 0.6 is 31.9 Å². The fourth-order valence-corrected chi connectivity index (χ4v) is 4.52. The summed E-state index contributed by atoms with van der Waals surface area (Å²) in [6.07, 6.45) is 1.40. The molecule has 0 fully saturated rings. The first-order chi connectivity index (χ1) is 15.8. The standard InChI is InChI=1S/C23H15Br2N3O5/c24-17-9-14(11-26-28-21(29)16-3-1-2-4-19(16)27-23(28)32)10-18(25)20(17)33-12-13-5-7-15(8-6-13)22(30)31/h1-11H,12H2,(H,27,32)(H,30,31). The van der Waals surface area contributed by atoms with Gasteiger partial charge in [-0.05, 0) is 79.4 Å². The molecule has 0 aliphatic rings. The van der Waals surface area contributed by atoms with E-state index in [4.69, 9.17) is 9.84 Å². The Labute approximate surface area is 203 Å². The van der Waals surface area contributed by atoms with E-state index >= 15 is 0 Å². The number of ether oxygens (including phenoxy) is 1. The predicted molar refractivity (Wildman–Crippen MR) is 131 cm³/mol. The molecule has 3 aromatic carbocycles. The Balaban J connectivity index is 1.56. The second kappa shape index (κ2) is 9.55. The molecule has 33 heavy (non-hydrogen) atoms. The van der Waals surface area contributed by atoms with E-state index in [0.717, 1.165) is 10.2 Å². The largest absolute Gasteiger partial charge is 0.487 e. The summed E-state index contributed by atoms with van der Waals surface area (Å²) in [5, 5.41) is 13.4. The number of rotatable bonds is 6. The summed E-state index contributed by atoms with van der Waals surface area (Å²) in [7, 11) is 0. The Bertz CT molecular complexity index is 1480. The number of carbonyl (C=O) groups is 1. The SMILES string of the molecule is O=C(O)c1ccc(COc2c(Br)cc(C=Nn3c(=O)[nH]c4ccccc4c3=O)cc2Br)cc1. The molecule has 0 aliphatic heterocycles. The van der Waals surface area contributed by atoms with E-state index in [1.165, 1.54) is 18.3 Å². The minimum Gasteiger partial charge on any atom is -0.487 e. The van der Waals surface area contributed by atoms with Gasteiger partial charge in [-0.25, -0.2) is 9.59 Å². The van der Waals surface area contributed by atoms with Crippen LogP contribution in [0, 0.1) is 0 Å². The molecule has 2 N–H and O–H groups in total. The zero-order valence-corrected chi connectivity index (χ0v) is 20.0. The molecule has 1 aromatic heterocycles. The Morgan fingerprint density at radius 1 is 1.06 bits per heavy atom. The third-order valence-corrected chi connectivity index (χ3v) is 5.89. The Kier molecular flexibility index (Phi) is 6.57. The molecule has 4 rings (SSSR count). The quantitative estimate of drug-likeness (QED) is 0.333. The predicted octanol–water partition coefficient (Wildman–Crippen LogP) is 4.37. The lowest BCUT2D eigenvalue weighted by atomic mass is 10.1. The van der Waals surface area contributed by atoms with Crippen molar-refractivity contribution in [1.29, 1.82) is 0 Å². The molecule has 0 aliphatic carbocycles. The van der Waals surface area contributed by atoms with Gasteiger partial charge >= 0.3 is 11.7 Å². The Hall–Kier alpha value is -3.50. The van der Waals surface area contributed by atoms with Crippen molar-refractivity contribution in [3.05, 3.63) is 107 Å². The molecular formula is C23H15Br2N3O5. The molecule has 10 heteroatoms. The third kappa shape index (κ3) is 4.96. The molecule has 0 saturated heterocycles. The van der Waals surface area contributed by atoms with Gasteiger partial charge in [0.05, 0.1) is 31.6 Å². The monoisotopic (exact) mass is 571 g/mol. The average Bonchev–Trinajstić information content (AvgIpc) is 2.78. The van der Waals surface area contributed by atoms with E-state index in [9.17, 15) is 14.4 Å². The van der Waals surface area contributed by atoms with Gasteiger partial charge in [0.1, 0.15) is 12.4 Å². The normalized spacial score (nSPS) is 11.2. The molecule has 0 atom stereocenters. The van der Waals surface area contributed by atoms with Crippen molar-refractivity contribution in [1.82, 2.24) is 9.66 Å². The zero-order chi connectivity index (χ0) is 23.5. The van der Waals surface area contributed by atoms with Crippen LogP contribution in [0.5, 0.6) is 5.75 Å². The van der Waals surface area contributed by atoms with E-state index in [-0.39, 0.29) is 12.2 Å². The smallest absolute Gasteiger partial charge is 0.349 e. The van der Waals surface area contributed by atoms with Crippen LogP contribution < -0.4 is 16.0 Å². The number of nitrogens with one attached hydrogen (secondary N) is 1. The van der Waals surface area contributed by atoms with Gasteiger partial charge in [-0.15, -0.1) is 4.68 Å². The third-order valence-electron chi connectivity index (χ3n) is 4.71. The van der Waals surface area contributed by atoms with Crippen LogP contribution in [0.1, 0.15) is 21.5 Å². The van der Waals surface area contributed by atoms with Crippen molar-refractivity contribution in [3.8, 4) is 5.75 Å². The summed E-state index contributed by atoms with van der Waals surface area (Å²) < 4.78 is 7.89. The van der Waals surface area contributed by atoms with Crippen LogP contribution in [0.3, 0.4) is 0 Å². The lowest BCUT2D eigenvalue weighted by Gasteiger charge is -2.11. The molecule has 0 radical (unpaired) electrons. The summed E-state index contributed by atoms with van der Waals surface area (Å²) in [4.78, 5) is 38.5. The van der Waals surface area contributed by atoms with Crippen molar-refractivity contribution < 1.29 is 14.6 Å². The maximum absolute atomic E-state index is 12.6. The number of aromatic carboxylic acids is 1. The summed E-state index contributed by atoms with van der Waals surface area (Å²) in [5.74, 6) is -0.451. The number of halogens is 2. The summed E-state index contributed by atoms with van der Waals surface area (Å²) in [5.41, 5.74) is 0.919. The number of aromatic nitrogens is 2. The van der Waals surface area contributed by atoms with Crippen molar-refractivity contribution >= 4 is 54.9 Å². The maximum atomic E-state index is 12.6. The van der Waals surface area contributed by atoms with E-state index < -0.39 is 17.2 Å². The van der Waals surface area contributed by atoms with E-state index in [1.54, 1.807) is 48.5 Å². The molecule has 0 spiro atoms. The first-order valence-electron chi connectivity index (χ1n) is 9.56. The molecule has 166 valence electrons. The highest BCUT2D eigenvalue weighted by molar-refractivity contribution is 9.11. The molecule has 4 aromatic rings. The number of carboxylic acids is 1. The first-order valence-corrected chi connectivity index (χ1v) is 11.1. The van der Waals surface area contributed by atoms with E-state index in [1.807, 2.05) is 0 Å². The number of aromatic amines is 1. The summed E-state index contributed by atoms with van der Waals surface area (Å²) in [6, 6.07) is 16.6. The van der Waals surface area contributed by atoms with Gasteiger partial charge in [0.15, 0.2) is 0 Å². The number of para-hydroxylation sites is 1. The minimum absolute atomic E-state index is 0.203. The number of nitrogens with zero attached hydrogens (tertiary/aromatic N) is 2. The van der Waals surface area contributed by atoms with Gasteiger partial charge < -0.3 is 14.8 Å². The van der Waals surface area contributed by atoms with Gasteiger partial charge in [-0.2, -0.15) is 5.10 Å². The number of hydrogen-bond donors (Lipinski definition) is 2. The lowest BCUT2D eigenvalue weighted by molar-refractivity contribution is 0.0697. The second-order valence-electron chi connectivity index (χ2n) is 6.94. The molecule has 1 heterocycles.